The Hall–Kier alpha value is -2.06. The summed E-state index contributed by atoms with van der Waals surface area (Å²) >= 11 is 1.42. The first-order chi connectivity index (χ1) is 10.8. The van der Waals surface area contributed by atoms with Gasteiger partial charge in [-0.25, -0.2) is 15.0 Å². The summed E-state index contributed by atoms with van der Waals surface area (Å²) in [5.41, 5.74) is 0.730. The molecule has 0 aliphatic carbocycles. The summed E-state index contributed by atoms with van der Waals surface area (Å²) < 4.78 is 5.47. The lowest BCUT2D eigenvalue weighted by atomic mass is 10.2. The number of rotatable bonds is 6. The zero-order valence-electron chi connectivity index (χ0n) is 12.0. The van der Waals surface area contributed by atoms with E-state index < -0.39 is 0 Å². The van der Waals surface area contributed by atoms with Gasteiger partial charge in [-0.2, -0.15) is 0 Å². The number of hydrogen-bond acceptors (Lipinski definition) is 7. The Kier molecular flexibility index (Phi) is 4.92. The molecule has 1 unspecified atom stereocenters. The quantitative estimate of drug-likeness (QED) is 0.839. The van der Waals surface area contributed by atoms with E-state index in [-0.39, 0.29) is 18.4 Å². The topological polar surface area (TPSA) is 89.0 Å². The Morgan fingerprint density at radius 3 is 3.05 bits per heavy atom. The number of nitrogens with zero attached hydrogens (tertiary/aromatic N) is 3. The van der Waals surface area contributed by atoms with Crippen LogP contribution in [0.1, 0.15) is 18.5 Å². The Labute approximate surface area is 132 Å². The van der Waals surface area contributed by atoms with Gasteiger partial charge in [0.15, 0.2) is 5.13 Å². The lowest BCUT2D eigenvalue weighted by Gasteiger charge is -2.09. The zero-order valence-corrected chi connectivity index (χ0v) is 12.8. The highest BCUT2D eigenvalue weighted by atomic mass is 32.1. The van der Waals surface area contributed by atoms with Crippen molar-refractivity contribution in [2.24, 2.45) is 0 Å². The van der Waals surface area contributed by atoms with Crippen molar-refractivity contribution in [3.8, 4) is 0 Å². The Balaban J connectivity index is 1.47. The molecule has 2 aromatic heterocycles. The molecule has 1 aliphatic rings. The van der Waals surface area contributed by atoms with E-state index in [0.29, 0.717) is 17.6 Å². The molecule has 1 saturated heterocycles. The predicted molar refractivity (Wildman–Crippen MR) is 83.1 cm³/mol. The molecule has 0 saturated carbocycles. The number of carbonyl (C=O) groups is 1. The smallest absolute Gasteiger partial charge is 0.228 e. The minimum atomic E-state index is -0.0386. The molecule has 0 bridgehead atoms. The van der Waals surface area contributed by atoms with Crippen molar-refractivity contribution in [1.29, 1.82) is 0 Å². The average molecular weight is 319 g/mol. The van der Waals surface area contributed by atoms with Gasteiger partial charge >= 0.3 is 0 Å². The zero-order chi connectivity index (χ0) is 15.2. The van der Waals surface area contributed by atoms with E-state index in [1.807, 2.05) is 5.38 Å². The fourth-order valence-corrected chi connectivity index (χ4v) is 2.87. The van der Waals surface area contributed by atoms with Crippen LogP contribution in [0.2, 0.25) is 0 Å². The molecule has 116 valence electrons. The van der Waals surface area contributed by atoms with Crippen LogP contribution in [0.25, 0.3) is 0 Å². The van der Waals surface area contributed by atoms with Gasteiger partial charge in [0, 0.05) is 30.9 Å². The molecule has 1 amide bonds. The van der Waals surface area contributed by atoms with E-state index in [4.69, 9.17) is 4.74 Å². The van der Waals surface area contributed by atoms with Crippen molar-refractivity contribution in [2.45, 2.75) is 25.4 Å². The summed E-state index contributed by atoms with van der Waals surface area (Å²) in [7, 11) is 0. The van der Waals surface area contributed by atoms with Crippen LogP contribution in [-0.2, 0) is 16.0 Å². The summed E-state index contributed by atoms with van der Waals surface area (Å²) in [5, 5.41) is 8.43. The van der Waals surface area contributed by atoms with Gasteiger partial charge in [-0.05, 0) is 18.9 Å². The maximum absolute atomic E-state index is 11.9. The molecule has 22 heavy (non-hydrogen) atoms. The maximum atomic E-state index is 11.9. The average Bonchev–Trinajstić information content (AvgIpc) is 3.18. The third-order valence-corrected chi connectivity index (χ3v) is 4.04. The molecule has 7 nitrogen and oxygen atoms in total. The van der Waals surface area contributed by atoms with E-state index in [2.05, 4.69) is 25.6 Å². The first-order valence-corrected chi connectivity index (χ1v) is 8.04. The van der Waals surface area contributed by atoms with Gasteiger partial charge in [0.2, 0.25) is 11.9 Å². The van der Waals surface area contributed by atoms with E-state index >= 15 is 0 Å². The lowest BCUT2D eigenvalue weighted by molar-refractivity contribution is -0.121. The van der Waals surface area contributed by atoms with Crippen LogP contribution in [0.5, 0.6) is 0 Å². The minimum absolute atomic E-state index is 0.0386. The largest absolute Gasteiger partial charge is 0.376 e. The molecule has 1 atom stereocenters. The fraction of sp³-hybridized carbons (Fsp3) is 0.429. The number of hydrogen-bond donors (Lipinski definition) is 2. The van der Waals surface area contributed by atoms with Crippen LogP contribution < -0.4 is 10.6 Å². The van der Waals surface area contributed by atoms with Crippen molar-refractivity contribution in [1.82, 2.24) is 20.3 Å². The van der Waals surface area contributed by atoms with Crippen LogP contribution in [-0.4, -0.2) is 40.1 Å². The molecule has 2 N–H and O–H groups in total. The minimum Gasteiger partial charge on any atom is -0.376 e. The fourth-order valence-electron chi connectivity index (χ4n) is 2.16. The van der Waals surface area contributed by atoms with Crippen LogP contribution in [0.3, 0.4) is 0 Å². The molecule has 1 aliphatic heterocycles. The molecular formula is C14H17N5O2S. The number of thiazole rings is 1. The Morgan fingerprint density at radius 2 is 2.27 bits per heavy atom. The highest BCUT2D eigenvalue weighted by Crippen LogP contribution is 2.18. The monoisotopic (exact) mass is 319 g/mol. The van der Waals surface area contributed by atoms with Crippen molar-refractivity contribution in [3.05, 3.63) is 29.5 Å². The molecule has 1 fully saturated rings. The van der Waals surface area contributed by atoms with Crippen molar-refractivity contribution >= 4 is 28.3 Å². The normalized spacial score (nSPS) is 17.4. The van der Waals surface area contributed by atoms with Crippen molar-refractivity contribution in [3.63, 3.8) is 0 Å². The van der Waals surface area contributed by atoms with E-state index in [0.717, 1.165) is 25.1 Å². The van der Waals surface area contributed by atoms with Gasteiger partial charge < -0.3 is 15.4 Å². The summed E-state index contributed by atoms with van der Waals surface area (Å²) in [4.78, 5) is 24.4. The second kappa shape index (κ2) is 7.28. The number of anilines is 2. The van der Waals surface area contributed by atoms with Gasteiger partial charge in [0.25, 0.3) is 0 Å². The second-order valence-corrected chi connectivity index (χ2v) is 5.82. The summed E-state index contributed by atoms with van der Waals surface area (Å²) in [6, 6.07) is 1.75. The molecule has 0 aromatic carbocycles. The maximum Gasteiger partial charge on any atom is 0.228 e. The molecular weight excluding hydrogens is 302 g/mol. The van der Waals surface area contributed by atoms with Crippen LogP contribution in [0.15, 0.2) is 23.8 Å². The molecule has 2 aromatic rings. The number of carbonyl (C=O) groups excluding carboxylic acids is 1. The predicted octanol–water partition coefficient (Wildman–Crippen LogP) is 1.51. The van der Waals surface area contributed by atoms with Crippen LogP contribution >= 0.6 is 11.3 Å². The molecule has 3 heterocycles. The lowest BCUT2D eigenvalue weighted by Crippen LogP contribution is -2.32. The van der Waals surface area contributed by atoms with E-state index in [1.54, 1.807) is 18.5 Å². The van der Waals surface area contributed by atoms with Gasteiger partial charge in [0.1, 0.15) is 0 Å². The Morgan fingerprint density at radius 1 is 1.41 bits per heavy atom. The first-order valence-electron chi connectivity index (χ1n) is 7.16. The SMILES string of the molecule is O=C(Cc1csc(Nc2ncccn2)n1)NCC1CCCO1. The molecule has 8 heteroatoms. The van der Waals surface area contributed by atoms with Gasteiger partial charge in [-0.3, -0.25) is 4.79 Å². The summed E-state index contributed by atoms with van der Waals surface area (Å²) in [5.74, 6) is 0.453. The third-order valence-electron chi connectivity index (χ3n) is 3.23. The number of nitrogens with one attached hydrogen (secondary N) is 2. The second-order valence-electron chi connectivity index (χ2n) is 4.96. The summed E-state index contributed by atoms with van der Waals surface area (Å²) in [6.45, 7) is 1.37. The highest BCUT2D eigenvalue weighted by molar-refractivity contribution is 7.13. The van der Waals surface area contributed by atoms with Gasteiger partial charge in [0.05, 0.1) is 18.2 Å². The van der Waals surface area contributed by atoms with Crippen LogP contribution in [0, 0.1) is 0 Å². The number of ether oxygens (including phenoxy) is 1. The van der Waals surface area contributed by atoms with Gasteiger partial charge in [-0.1, -0.05) is 0 Å². The third kappa shape index (κ3) is 4.22. The van der Waals surface area contributed by atoms with Crippen molar-refractivity contribution in [2.75, 3.05) is 18.5 Å². The standard InChI is InChI=1S/C14H17N5O2S/c20-12(17-8-11-3-1-6-21-11)7-10-9-22-14(18-10)19-13-15-4-2-5-16-13/h2,4-5,9,11H,1,3,6-8H2,(H,17,20)(H,15,16,18,19). The highest BCUT2D eigenvalue weighted by Gasteiger charge is 2.16. The molecule has 0 radical (unpaired) electrons. The molecule has 3 rings (SSSR count). The van der Waals surface area contributed by atoms with E-state index in [9.17, 15) is 4.79 Å². The molecule has 0 spiro atoms. The van der Waals surface area contributed by atoms with Crippen molar-refractivity contribution < 1.29 is 9.53 Å². The number of aromatic nitrogens is 3. The van der Waals surface area contributed by atoms with Crippen LogP contribution in [0.4, 0.5) is 11.1 Å². The number of amides is 1. The summed E-state index contributed by atoms with van der Waals surface area (Å²) in [6.07, 6.45) is 5.82. The van der Waals surface area contributed by atoms with Gasteiger partial charge in [-0.15, -0.1) is 11.3 Å². The van der Waals surface area contributed by atoms with E-state index in [1.165, 1.54) is 11.3 Å². The Bertz CT molecular complexity index is 613. The first kappa shape index (κ1) is 14.9.